The molecule has 124 valence electrons. The summed E-state index contributed by atoms with van der Waals surface area (Å²) in [6, 6.07) is 11.0. The van der Waals surface area contributed by atoms with Gasteiger partial charge in [0.1, 0.15) is 16.4 Å². The van der Waals surface area contributed by atoms with Crippen LogP contribution in [-0.4, -0.2) is 13.4 Å². The SMILES string of the molecule is Cc1nc(-c2ccc(S(N)(=O)=O)c(F)c2)c(-c2ccc(Br)cc2)o1. The number of hydrogen-bond acceptors (Lipinski definition) is 4. The van der Waals surface area contributed by atoms with E-state index < -0.39 is 20.7 Å². The lowest BCUT2D eigenvalue weighted by Gasteiger charge is -2.05. The second-order valence-corrected chi connectivity index (χ2v) is 7.55. The highest BCUT2D eigenvalue weighted by Gasteiger charge is 2.19. The molecule has 0 aliphatic heterocycles. The molecule has 0 saturated carbocycles. The molecule has 0 saturated heterocycles. The highest BCUT2D eigenvalue weighted by Crippen LogP contribution is 2.34. The van der Waals surface area contributed by atoms with Crippen LogP contribution in [0.4, 0.5) is 4.39 Å². The molecule has 8 heteroatoms. The molecule has 1 heterocycles. The van der Waals surface area contributed by atoms with E-state index >= 15 is 0 Å². The normalized spacial score (nSPS) is 11.7. The molecule has 0 aliphatic carbocycles. The highest BCUT2D eigenvalue weighted by molar-refractivity contribution is 9.10. The number of hydrogen-bond donors (Lipinski definition) is 1. The maximum atomic E-state index is 14.1. The minimum atomic E-state index is -4.12. The number of halogens is 2. The van der Waals surface area contributed by atoms with Gasteiger partial charge in [-0.3, -0.25) is 0 Å². The van der Waals surface area contributed by atoms with Gasteiger partial charge >= 0.3 is 0 Å². The van der Waals surface area contributed by atoms with Gasteiger partial charge in [0.2, 0.25) is 10.0 Å². The van der Waals surface area contributed by atoms with Gasteiger partial charge in [0.25, 0.3) is 0 Å². The molecule has 0 radical (unpaired) electrons. The summed E-state index contributed by atoms with van der Waals surface area (Å²) in [5, 5.41) is 4.98. The van der Waals surface area contributed by atoms with Crippen molar-refractivity contribution in [1.82, 2.24) is 4.98 Å². The van der Waals surface area contributed by atoms with Crippen molar-refractivity contribution in [2.75, 3.05) is 0 Å². The number of rotatable bonds is 3. The maximum Gasteiger partial charge on any atom is 0.240 e. The number of sulfonamides is 1. The van der Waals surface area contributed by atoms with E-state index in [4.69, 9.17) is 9.56 Å². The first kappa shape index (κ1) is 16.8. The first-order chi connectivity index (χ1) is 11.3. The molecule has 0 spiro atoms. The smallest absolute Gasteiger partial charge is 0.240 e. The summed E-state index contributed by atoms with van der Waals surface area (Å²) in [5.74, 6) is -0.0426. The van der Waals surface area contributed by atoms with E-state index in [0.717, 1.165) is 22.2 Å². The number of aryl methyl sites for hydroxylation is 1. The predicted octanol–water partition coefficient (Wildman–Crippen LogP) is 3.87. The summed E-state index contributed by atoms with van der Waals surface area (Å²) < 4.78 is 43.3. The maximum absolute atomic E-state index is 14.1. The van der Waals surface area contributed by atoms with Gasteiger partial charge in [-0.15, -0.1) is 0 Å². The Hall–Kier alpha value is -2.03. The fourth-order valence-electron chi connectivity index (χ4n) is 2.30. The van der Waals surface area contributed by atoms with E-state index in [2.05, 4.69) is 20.9 Å². The van der Waals surface area contributed by atoms with E-state index in [9.17, 15) is 12.8 Å². The van der Waals surface area contributed by atoms with Crippen molar-refractivity contribution >= 4 is 26.0 Å². The standard InChI is InChI=1S/C16H12BrFN2O3S/c1-9-20-15(16(23-9)10-2-5-12(17)6-3-10)11-4-7-14(13(18)8-11)24(19,21)22/h2-8H,1H3,(H2,19,21,22). The molecule has 5 nitrogen and oxygen atoms in total. The number of primary sulfonamides is 1. The second kappa shape index (κ2) is 6.12. The fraction of sp³-hybridized carbons (Fsp3) is 0.0625. The zero-order valence-electron chi connectivity index (χ0n) is 12.5. The van der Waals surface area contributed by atoms with Crippen LogP contribution >= 0.6 is 15.9 Å². The first-order valence-corrected chi connectivity index (χ1v) is 9.16. The Bertz CT molecular complexity index is 1010. The quantitative estimate of drug-likeness (QED) is 0.709. The van der Waals surface area contributed by atoms with Crippen LogP contribution in [0.5, 0.6) is 0 Å². The van der Waals surface area contributed by atoms with Crippen LogP contribution in [0.3, 0.4) is 0 Å². The molecule has 0 atom stereocenters. The minimum absolute atomic E-state index is 0.398. The third-order valence-corrected chi connectivity index (χ3v) is 4.83. The minimum Gasteiger partial charge on any atom is -0.440 e. The van der Waals surface area contributed by atoms with Crippen LogP contribution < -0.4 is 5.14 Å². The van der Waals surface area contributed by atoms with E-state index in [1.807, 2.05) is 24.3 Å². The number of nitrogens with two attached hydrogens (primary N) is 1. The largest absolute Gasteiger partial charge is 0.440 e. The molecule has 0 amide bonds. The Morgan fingerprint density at radius 1 is 1.12 bits per heavy atom. The van der Waals surface area contributed by atoms with E-state index in [1.165, 1.54) is 6.07 Å². The zero-order chi connectivity index (χ0) is 17.5. The summed E-state index contributed by atoms with van der Waals surface area (Å²) in [6.45, 7) is 1.68. The molecular formula is C16H12BrFN2O3S. The van der Waals surface area contributed by atoms with E-state index in [-0.39, 0.29) is 0 Å². The highest BCUT2D eigenvalue weighted by atomic mass is 79.9. The lowest BCUT2D eigenvalue weighted by atomic mass is 10.1. The van der Waals surface area contributed by atoms with Crippen molar-refractivity contribution < 1.29 is 17.2 Å². The Labute approximate surface area is 146 Å². The fourth-order valence-corrected chi connectivity index (χ4v) is 3.15. The first-order valence-electron chi connectivity index (χ1n) is 6.82. The van der Waals surface area contributed by atoms with Crippen molar-refractivity contribution in [3.05, 3.63) is 58.6 Å². The van der Waals surface area contributed by atoms with Crippen LogP contribution in [0.2, 0.25) is 0 Å². The Morgan fingerprint density at radius 3 is 2.33 bits per heavy atom. The number of nitrogens with zero attached hydrogens (tertiary/aromatic N) is 1. The van der Waals surface area contributed by atoms with Crippen LogP contribution in [-0.2, 0) is 10.0 Å². The van der Waals surface area contributed by atoms with Crippen molar-refractivity contribution in [1.29, 1.82) is 0 Å². The Balaban J connectivity index is 2.14. The molecule has 0 bridgehead atoms. The molecule has 0 unspecified atom stereocenters. The van der Waals surface area contributed by atoms with Gasteiger partial charge in [-0.05, 0) is 24.3 Å². The van der Waals surface area contributed by atoms with E-state index in [1.54, 1.807) is 6.92 Å². The second-order valence-electron chi connectivity index (χ2n) is 5.11. The van der Waals surface area contributed by atoms with Crippen LogP contribution in [0.15, 0.2) is 56.2 Å². The summed E-state index contributed by atoms with van der Waals surface area (Å²) in [5.41, 5.74) is 1.59. The zero-order valence-corrected chi connectivity index (χ0v) is 14.9. The average molecular weight is 411 g/mol. The van der Waals surface area contributed by atoms with Crippen LogP contribution in [0.25, 0.3) is 22.6 Å². The Kier molecular flexibility index (Phi) is 4.29. The third-order valence-electron chi connectivity index (χ3n) is 3.35. The van der Waals surface area contributed by atoms with Gasteiger partial charge in [-0.2, -0.15) is 0 Å². The van der Waals surface area contributed by atoms with Crippen molar-refractivity contribution in [2.24, 2.45) is 5.14 Å². The lowest BCUT2D eigenvalue weighted by molar-refractivity contribution is 0.534. The van der Waals surface area contributed by atoms with Gasteiger partial charge in [0, 0.05) is 22.5 Å². The number of oxazole rings is 1. The molecule has 2 aromatic carbocycles. The van der Waals surface area contributed by atoms with Crippen LogP contribution in [0.1, 0.15) is 5.89 Å². The molecule has 2 N–H and O–H groups in total. The van der Waals surface area contributed by atoms with E-state index in [0.29, 0.717) is 22.9 Å². The van der Waals surface area contributed by atoms with Gasteiger partial charge in [-0.25, -0.2) is 22.9 Å². The Morgan fingerprint density at radius 2 is 1.75 bits per heavy atom. The van der Waals surface area contributed by atoms with Gasteiger partial charge in [-0.1, -0.05) is 34.1 Å². The van der Waals surface area contributed by atoms with Crippen LogP contribution in [0, 0.1) is 12.7 Å². The molecular weight excluding hydrogens is 399 g/mol. The summed E-state index contributed by atoms with van der Waals surface area (Å²) in [7, 11) is -4.12. The monoisotopic (exact) mass is 410 g/mol. The molecule has 24 heavy (non-hydrogen) atoms. The van der Waals surface area contributed by atoms with Gasteiger partial charge in [0.05, 0.1) is 0 Å². The predicted molar refractivity (Wildman–Crippen MR) is 91.1 cm³/mol. The van der Waals surface area contributed by atoms with Crippen molar-refractivity contribution in [3.63, 3.8) is 0 Å². The molecule has 3 rings (SSSR count). The van der Waals surface area contributed by atoms with Gasteiger partial charge in [0.15, 0.2) is 11.7 Å². The third kappa shape index (κ3) is 3.26. The topological polar surface area (TPSA) is 86.2 Å². The molecule has 0 aliphatic rings. The van der Waals surface area contributed by atoms with Crippen molar-refractivity contribution in [2.45, 2.75) is 11.8 Å². The number of aromatic nitrogens is 1. The van der Waals surface area contributed by atoms with Gasteiger partial charge < -0.3 is 4.42 Å². The lowest BCUT2D eigenvalue weighted by Crippen LogP contribution is -2.13. The summed E-state index contributed by atoms with van der Waals surface area (Å²) in [6.07, 6.45) is 0. The molecule has 3 aromatic rings. The molecule has 1 aromatic heterocycles. The summed E-state index contributed by atoms with van der Waals surface area (Å²) in [4.78, 5) is 3.73. The van der Waals surface area contributed by atoms with Crippen molar-refractivity contribution in [3.8, 4) is 22.6 Å². The average Bonchev–Trinajstić information content (AvgIpc) is 2.88. The summed E-state index contributed by atoms with van der Waals surface area (Å²) >= 11 is 3.36. The number of benzene rings is 2. The molecule has 0 fully saturated rings.